The molecule has 0 spiro atoms. The average Bonchev–Trinajstić information content (AvgIpc) is 3.11. The summed E-state index contributed by atoms with van der Waals surface area (Å²) in [7, 11) is 1.49. The predicted molar refractivity (Wildman–Crippen MR) is 53.1 cm³/mol. The molecule has 3 N–H and O–H groups in total. The molecule has 0 amide bonds. The average molecular weight is 208 g/mol. The van der Waals surface area contributed by atoms with Crippen LogP contribution in [0.4, 0.5) is 0 Å². The lowest BCUT2D eigenvalue weighted by atomic mass is 10.3. The van der Waals surface area contributed by atoms with Gasteiger partial charge < -0.3 is 15.7 Å². The maximum atomic E-state index is 8.55. The Bertz CT molecular complexity index is 401. The molecule has 1 aliphatic rings. The first-order chi connectivity index (χ1) is 7.26. The molecule has 1 aromatic heterocycles. The van der Waals surface area contributed by atoms with Gasteiger partial charge in [-0.3, -0.25) is 0 Å². The lowest BCUT2D eigenvalue weighted by Gasteiger charge is -2.06. The number of hydrogen-bond acceptors (Lipinski definition) is 5. The van der Waals surface area contributed by atoms with Crippen LogP contribution < -0.4 is 10.5 Å². The number of aromatic nitrogens is 2. The highest BCUT2D eigenvalue weighted by molar-refractivity contribution is 5.98. The zero-order valence-electron chi connectivity index (χ0n) is 8.34. The van der Waals surface area contributed by atoms with E-state index in [0.29, 0.717) is 17.4 Å². The molecule has 6 nitrogen and oxygen atoms in total. The molecule has 6 heteroatoms. The zero-order valence-corrected chi connectivity index (χ0v) is 8.34. The van der Waals surface area contributed by atoms with Crippen molar-refractivity contribution in [3.05, 3.63) is 17.6 Å². The molecule has 0 atom stereocenters. The molecule has 15 heavy (non-hydrogen) atoms. The van der Waals surface area contributed by atoms with E-state index in [-0.39, 0.29) is 5.84 Å². The molecule has 1 aliphatic carbocycles. The van der Waals surface area contributed by atoms with Gasteiger partial charge in [-0.25, -0.2) is 4.98 Å². The number of methoxy groups -OCH3 is 1. The Morgan fingerprint density at radius 2 is 2.40 bits per heavy atom. The fraction of sp³-hybridized carbons (Fsp3) is 0.444. The van der Waals surface area contributed by atoms with Gasteiger partial charge >= 0.3 is 0 Å². The van der Waals surface area contributed by atoms with E-state index in [1.807, 2.05) is 0 Å². The maximum absolute atomic E-state index is 8.55. The third kappa shape index (κ3) is 1.83. The third-order valence-corrected chi connectivity index (χ3v) is 2.29. The van der Waals surface area contributed by atoms with Crippen molar-refractivity contribution < 1.29 is 9.94 Å². The Balaban J connectivity index is 2.38. The molecular weight excluding hydrogens is 196 g/mol. The second kappa shape index (κ2) is 3.72. The highest BCUT2D eigenvalue weighted by Gasteiger charge is 2.27. The topological polar surface area (TPSA) is 93.6 Å². The number of ether oxygens (including phenoxy) is 1. The molecule has 0 radical (unpaired) electrons. The van der Waals surface area contributed by atoms with E-state index in [4.69, 9.17) is 15.7 Å². The zero-order chi connectivity index (χ0) is 10.8. The van der Waals surface area contributed by atoms with Gasteiger partial charge in [0.1, 0.15) is 11.4 Å². The van der Waals surface area contributed by atoms with Crippen molar-refractivity contribution in [3.8, 4) is 5.88 Å². The molecule has 0 unspecified atom stereocenters. The molecule has 2 rings (SSSR count). The summed E-state index contributed by atoms with van der Waals surface area (Å²) in [5.41, 5.74) is 5.86. The Morgan fingerprint density at radius 1 is 1.67 bits per heavy atom. The molecule has 1 saturated carbocycles. The minimum Gasteiger partial charge on any atom is -0.480 e. The van der Waals surface area contributed by atoms with E-state index in [2.05, 4.69) is 15.1 Å². The summed E-state index contributed by atoms with van der Waals surface area (Å²) < 4.78 is 5.06. The van der Waals surface area contributed by atoms with E-state index in [9.17, 15) is 0 Å². The molecule has 0 saturated heterocycles. The van der Waals surface area contributed by atoms with Gasteiger partial charge in [-0.2, -0.15) is 4.98 Å². The van der Waals surface area contributed by atoms with Crippen LogP contribution in [0, 0.1) is 0 Å². The van der Waals surface area contributed by atoms with Crippen molar-refractivity contribution in [3.63, 3.8) is 0 Å². The molecule has 0 aromatic carbocycles. The monoisotopic (exact) mass is 208 g/mol. The Kier molecular flexibility index (Phi) is 2.40. The van der Waals surface area contributed by atoms with Gasteiger partial charge in [-0.15, -0.1) is 0 Å². The summed E-state index contributed by atoms with van der Waals surface area (Å²) in [4.78, 5) is 8.37. The summed E-state index contributed by atoms with van der Waals surface area (Å²) in [6.07, 6.45) is 3.76. The number of hydrogen-bond donors (Lipinski definition) is 2. The van der Waals surface area contributed by atoms with E-state index in [0.717, 1.165) is 18.7 Å². The number of amidine groups is 1. The molecule has 1 aromatic rings. The third-order valence-electron chi connectivity index (χ3n) is 2.29. The van der Waals surface area contributed by atoms with E-state index >= 15 is 0 Å². The second-order valence-corrected chi connectivity index (χ2v) is 3.41. The second-order valence-electron chi connectivity index (χ2n) is 3.41. The number of oxime groups is 1. The first kappa shape index (κ1) is 9.70. The van der Waals surface area contributed by atoms with Crippen LogP contribution >= 0.6 is 0 Å². The maximum Gasteiger partial charge on any atom is 0.227 e. The standard InChI is InChI=1S/C9H12N4O2/c1-15-9-6(7(10)13-14)4-11-8(12-9)5-2-3-5/h4-5,14H,2-3H2,1H3,(H2,10,13). The summed E-state index contributed by atoms with van der Waals surface area (Å²) >= 11 is 0. The Morgan fingerprint density at radius 3 is 2.93 bits per heavy atom. The number of nitrogens with zero attached hydrogens (tertiary/aromatic N) is 3. The van der Waals surface area contributed by atoms with Gasteiger partial charge in [0.05, 0.1) is 7.11 Å². The van der Waals surface area contributed by atoms with Crippen molar-refractivity contribution in [1.82, 2.24) is 9.97 Å². The van der Waals surface area contributed by atoms with E-state index in [1.54, 1.807) is 0 Å². The van der Waals surface area contributed by atoms with Gasteiger partial charge in [0.15, 0.2) is 5.84 Å². The van der Waals surface area contributed by atoms with Crippen molar-refractivity contribution in [2.45, 2.75) is 18.8 Å². The lowest BCUT2D eigenvalue weighted by molar-refractivity contribution is 0.318. The van der Waals surface area contributed by atoms with Gasteiger partial charge in [-0.05, 0) is 12.8 Å². The van der Waals surface area contributed by atoms with Crippen LogP contribution in [0.3, 0.4) is 0 Å². The van der Waals surface area contributed by atoms with Crippen molar-refractivity contribution in [2.24, 2.45) is 10.9 Å². The van der Waals surface area contributed by atoms with E-state index in [1.165, 1.54) is 13.3 Å². The molecule has 1 fully saturated rings. The Hall–Kier alpha value is -1.85. The van der Waals surface area contributed by atoms with Crippen LogP contribution in [-0.2, 0) is 0 Å². The SMILES string of the molecule is COc1nc(C2CC2)ncc1/C(N)=N\O. The quantitative estimate of drug-likeness (QED) is 0.325. The molecule has 0 aliphatic heterocycles. The number of rotatable bonds is 3. The first-order valence-electron chi connectivity index (χ1n) is 4.65. The molecule has 1 heterocycles. The summed E-state index contributed by atoms with van der Waals surface area (Å²) in [5.74, 6) is 1.51. The van der Waals surface area contributed by atoms with Crippen molar-refractivity contribution in [2.75, 3.05) is 7.11 Å². The van der Waals surface area contributed by atoms with Crippen LogP contribution in [0.1, 0.15) is 30.1 Å². The van der Waals surface area contributed by atoms with E-state index < -0.39 is 0 Å². The lowest BCUT2D eigenvalue weighted by Crippen LogP contribution is -2.16. The highest BCUT2D eigenvalue weighted by atomic mass is 16.5. The summed E-state index contributed by atoms with van der Waals surface area (Å²) in [6, 6.07) is 0. The fourth-order valence-electron chi connectivity index (χ4n) is 1.30. The minimum absolute atomic E-state index is 0.0470. The van der Waals surface area contributed by atoms with Crippen molar-refractivity contribution >= 4 is 5.84 Å². The van der Waals surface area contributed by atoms with Crippen LogP contribution in [-0.4, -0.2) is 28.1 Å². The van der Waals surface area contributed by atoms with Crippen LogP contribution in [0.25, 0.3) is 0 Å². The van der Waals surface area contributed by atoms with Crippen LogP contribution in [0.2, 0.25) is 0 Å². The summed E-state index contributed by atoms with van der Waals surface area (Å²) in [6.45, 7) is 0. The fourth-order valence-corrected chi connectivity index (χ4v) is 1.30. The minimum atomic E-state index is -0.0470. The van der Waals surface area contributed by atoms with Gasteiger partial charge in [-0.1, -0.05) is 5.16 Å². The highest BCUT2D eigenvalue weighted by Crippen LogP contribution is 2.38. The Labute approximate surface area is 86.8 Å². The van der Waals surface area contributed by atoms with Crippen LogP contribution in [0.5, 0.6) is 5.88 Å². The van der Waals surface area contributed by atoms with Gasteiger partial charge in [0.25, 0.3) is 0 Å². The predicted octanol–water partition coefficient (Wildman–Crippen LogP) is 0.457. The van der Waals surface area contributed by atoms with Gasteiger partial charge in [0, 0.05) is 12.1 Å². The van der Waals surface area contributed by atoms with Crippen LogP contribution in [0.15, 0.2) is 11.4 Å². The molecule has 80 valence electrons. The first-order valence-corrected chi connectivity index (χ1v) is 4.65. The normalized spacial score (nSPS) is 16.5. The number of nitrogens with two attached hydrogens (primary N) is 1. The van der Waals surface area contributed by atoms with Gasteiger partial charge in [0.2, 0.25) is 5.88 Å². The largest absolute Gasteiger partial charge is 0.480 e. The molecule has 0 bridgehead atoms. The smallest absolute Gasteiger partial charge is 0.227 e. The van der Waals surface area contributed by atoms with Crippen molar-refractivity contribution in [1.29, 1.82) is 0 Å². The summed E-state index contributed by atoms with van der Waals surface area (Å²) in [5, 5.41) is 11.4. The molecular formula is C9H12N4O2.